The molecule has 0 bridgehead atoms. The highest BCUT2D eigenvalue weighted by Crippen LogP contribution is 2.18. The average molecular weight is 310 g/mol. The van der Waals surface area contributed by atoms with Crippen LogP contribution in [0.4, 0.5) is 4.39 Å². The number of carbonyl (C=O) groups is 1. The van der Waals surface area contributed by atoms with Crippen molar-refractivity contribution >= 4 is 5.91 Å². The Hall–Kier alpha value is -1.42. The Kier molecular flexibility index (Phi) is 10.5. The molecule has 1 saturated heterocycles. The Morgan fingerprint density at radius 1 is 1.27 bits per heavy atom. The molecule has 1 aromatic rings. The summed E-state index contributed by atoms with van der Waals surface area (Å²) in [6.07, 6.45) is 1.68. The van der Waals surface area contributed by atoms with Gasteiger partial charge in [-0.25, -0.2) is 4.39 Å². The van der Waals surface area contributed by atoms with Gasteiger partial charge in [0.15, 0.2) is 0 Å². The number of amides is 1. The highest BCUT2D eigenvalue weighted by molar-refractivity contribution is 5.76. The Labute approximate surface area is 134 Å². The van der Waals surface area contributed by atoms with E-state index in [0.29, 0.717) is 12.5 Å². The minimum Gasteiger partial charge on any atom is -0.352 e. The lowest BCUT2D eigenvalue weighted by Crippen LogP contribution is -2.37. The minimum atomic E-state index is -0.178. The van der Waals surface area contributed by atoms with E-state index in [4.69, 9.17) is 0 Å². The van der Waals surface area contributed by atoms with Gasteiger partial charge in [0, 0.05) is 19.0 Å². The van der Waals surface area contributed by atoms with Gasteiger partial charge in [-0.2, -0.15) is 0 Å². The van der Waals surface area contributed by atoms with Crippen LogP contribution < -0.4 is 10.6 Å². The van der Waals surface area contributed by atoms with Gasteiger partial charge in [-0.05, 0) is 30.5 Å². The predicted molar refractivity (Wildman–Crippen MR) is 91.2 cm³/mol. The zero-order chi connectivity index (χ0) is 17.0. The zero-order valence-corrected chi connectivity index (χ0v) is 14.6. The molecule has 1 aliphatic heterocycles. The van der Waals surface area contributed by atoms with Crippen LogP contribution in [-0.4, -0.2) is 25.0 Å². The largest absolute Gasteiger partial charge is 0.352 e. The van der Waals surface area contributed by atoms with Crippen molar-refractivity contribution in [3.8, 4) is 0 Å². The maximum Gasteiger partial charge on any atom is 0.220 e. The van der Waals surface area contributed by atoms with E-state index in [2.05, 4.69) is 31.4 Å². The van der Waals surface area contributed by atoms with E-state index < -0.39 is 0 Å². The van der Waals surface area contributed by atoms with Crippen molar-refractivity contribution in [1.29, 1.82) is 0 Å². The fourth-order valence-electron chi connectivity index (χ4n) is 1.95. The molecule has 2 rings (SSSR count). The summed E-state index contributed by atoms with van der Waals surface area (Å²) >= 11 is 0. The van der Waals surface area contributed by atoms with Crippen LogP contribution in [-0.2, 0) is 4.79 Å². The standard InChI is InChI=1S/C10H20N2O.C6H5F.C2H6/c1-10(2,3)6-9(13)12-8-4-5-11-7-8;7-6-4-2-1-3-5-6;1-2/h8,11H,4-7H2,1-3H3,(H,12,13);1-5H;1-2H3. The zero-order valence-electron chi connectivity index (χ0n) is 14.6. The Morgan fingerprint density at radius 3 is 2.23 bits per heavy atom. The number of hydrogen-bond donors (Lipinski definition) is 2. The van der Waals surface area contributed by atoms with Gasteiger partial charge in [0.1, 0.15) is 5.82 Å². The van der Waals surface area contributed by atoms with Gasteiger partial charge in [0.25, 0.3) is 0 Å². The molecule has 22 heavy (non-hydrogen) atoms. The summed E-state index contributed by atoms with van der Waals surface area (Å²) in [5.41, 5.74) is 0.0934. The van der Waals surface area contributed by atoms with Crippen molar-refractivity contribution in [2.24, 2.45) is 5.41 Å². The van der Waals surface area contributed by atoms with Gasteiger partial charge in [-0.1, -0.05) is 52.8 Å². The maximum atomic E-state index is 11.9. The highest BCUT2D eigenvalue weighted by Gasteiger charge is 2.20. The molecule has 126 valence electrons. The average Bonchev–Trinajstić information content (AvgIpc) is 2.93. The molecule has 1 aromatic carbocycles. The van der Waals surface area contributed by atoms with Crippen LogP contribution in [0.1, 0.15) is 47.5 Å². The van der Waals surface area contributed by atoms with Crippen molar-refractivity contribution in [2.75, 3.05) is 13.1 Å². The molecule has 1 aliphatic rings. The molecule has 0 aromatic heterocycles. The second-order valence-corrected chi connectivity index (χ2v) is 6.29. The topological polar surface area (TPSA) is 41.1 Å². The lowest BCUT2D eigenvalue weighted by molar-refractivity contribution is -0.123. The molecule has 1 amide bonds. The molecule has 1 atom stereocenters. The Morgan fingerprint density at radius 2 is 1.86 bits per heavy atom. The van der Waals surface area contributed by atoms with E-state index in [1.165, 1.54) is 12.1 Å². The lowest BCUT2D eigenvalue weighted by atomic mass is 9.92. The Balaban J connectivity index is 0.000000412. The number of hydrogen-bond acceptors (Lipinski definition) is 2. The molecule has 0 aliphatic carbocycles. The molecule has 0 saturated carbocycles. The van der Waals surface area contributed by atoms with Crippen molar-refractivity contribution in [3.63, 3.8) is 0 Å². The molecular weight excluding hydrogens is 279 g/mol. The molecule has 4 heteroatoms. The van der Waals surface area contributed by atoms with E-state index in [9.17, 15) is 9.18 Å². The third kappa shape index (κ3) is 11.3. The molecule has 3 nitrogen and oxygen atoms in total. The van der Waals surface area contributed by atoms with Crippen LogP contribution in [0.3, 0.4) is 0 Å². The first-order chi connectivity index (χ1) is 10.4. The summed E-state index contributed by atoms with van der Waals surface area (Å²) in [5, 5.41) is 6.26. The number of halogens is 1. The molecule has 0 radical (unpaired) electrons. The molecule has 1 heterocycles. The number of nitrogens with one attached hydrogen (secondary N) is 2. The van der Waals surface area contributed by atoms with Crippen LogP contribution >= 0.6 is 0 Å². The third-order valence-electron chi connectivity index (χ3n) is 2.85. The van der Waals surface area contributed by atoms with Crippen molar-refractivity contribution in [1.82, 2.24) is 10.6 Å². The predicted octanol–water partition coefficient (Wildman–Crippen LogP) is 3.75. The minimum absolute atomic E-state index is 0.0934. The molecular formula is C18H31FN2O. The SMILES string of the molecule is CC.CC(C)(C)CC(=O)NC1CCNC1.Fc1ccccc1. The first kappa shape index (κ1) is 20.6. The Bertz CT molecular complexity index is 395. The van der Waals surface area contributed by atoms with Crippen molar-refractivity contribution < 1.29 is 9.18 Å². The van der Waals surface area contributed by atoms with Crippen molar-refractivity contribution in [3.05, 3.63) is 36.1 Å². The molecule has 1 fully saturated rings. The van der Waals surface area contributed by atoms with E-state index >= 15 is 0 Å². The molecule has 2 N–H and O–H groups in total. The monoisotopic (exact) mass is 310 g/mol. The highest BCUT2D eigenvalue weighted by atomic mass is 19.1. The summed E-state index contributed by atoms with van der Waals surface area (Å²) < 4.78 is 11.9. The molecule has 1 unspecified atom stereocenters. The fourth-order valence-corrected chi connectivity index (χ4v) is 1.95. The van der Waals surface area contributed by atoms with Crippen LogP contribution in [0.5, 0.6) is 0 Å². The normalized spacial score (nSPS) is 16.7. The van der Waals surface area contributed by atoms with Gasteiger partial charge < -0.3 is 10.6 Å². The van der Waals surface area contributed by atoms with E-state index in [1.807, 2.05) is 13.8 Å². The van der Waals surface area contributed by atoms with Crippen LogP contribution in [0.2, 0.25) is 0 Å². The second-order valence-electron chi connectivity index (χ2n) is 6.29. The van der Waals surface area contributed by atoms with Crippen LogP contribution in [0.15, 0.2) is 30.3 Å². The van der Waals surface area contributed by atoms with E-state index in [0.717, 1.165) is 19.5 Å². The van der Waals surface area contributed by atoms with Gasteiger partial charge in [-0.3, -0.25) is 4.79 Å². The van der Waals surface area contributed by atoms with Crippen LogP contribution in [0, 0.1) is 11.2 Å². The number of carbonyl (C=O) groups excluding carboxylic acids is 1. The van der Waals surface area contributed by atoms with Gasteiger partial charge in [0.05, 0.1) is 0 Å². The summed E-state index contributed by atoms with van der Waals surface area (Å²) in [5.74, 6) is 0.00343. The number of rotatable bonds is 2. The summed E-state index contributed by atoms with van der Waals surface area (Å²) in [7, 11) is 0. The third-order valence-corrected chi connectivity index (χ3v) is 2.85. The van der Waals surface area contributed by atoms with E-state index in [-0.39, 0.29) is 17.1 Å². The van der Waals surface area contributed by atoms with E-state index in [1.54, 1.807) is 18.2 Å². The summed E-state index contributed by atoms with van der Waals surface area (Å²) in [6, 6.07) is 8.29. The van der Waals surface area contributed by atoms with Crippen molar-refractivity contribution in [2.45, 2.75) is 53.5 Å². The first-order valence-corrected chi connectivity index (χ1v) is 8.07. The summed E-state index contributed by atoms with van der Waals surface area (Å²) in [4.78, 5) is 11.5. The van der Waals surface area contributed by atoms with Crippen LogP contribution in [0.25, 0.3) is 0 Å². The summed E-state index contributed by atoms with van der Waals surface area (Å²) in [6.45, 7) is 12.2. The fraction of sp³-hybridized carbons (Fsp3) is 0.611. The quantitative estimate of drug-likeness (QED) is 0.873. The first-order valence-electron chi connectivity index (χ1n) is 8.07. The van der Waals surface area contributed by atoms with Gasteiger partial charge in [0.2, 0.25) is 5.91 Å². The van der Waals surface area contributed by atoms with Gasteiger partial charge in [-0.15, -0.1) is 0 Å². The smallest absolute Gasteiger partial charge is 0.220 e. The lowest BCUT2D eigenvalue weighted by Gasteiger charge is -2.19. The molecule has 0 spiro atoms. The second kappa shape index (κ2) is 11.2. The maximum absolute atomic E-state index is 11.9. The number of benzene rings is 1. The van der Waals surface area contributed by atoms with Gasteiger partial charge >= 0.3 is 0 Å².